The van der Waals surface area contributed by atoms with Gasteiger partial charge in [0.25, 0.3) is 5.91 Å². The third-order valence-corrected chi connectivity index (χ3v) is 2.91. The van der Waals surface area contributed by atoms with Crippen molar-refractivity contribution in [3.63, 3.8) is 0 Å². The third kappa shape index (κ3) is 3.39. The molecule has 4 nitrogen and oxygen atoms in total. The van der Waals surface area contributed by atoms with Crippen LogP contribution in [0.4, 0.5) is 5.69 Å². The molecule has 0 aliphatic rings. The summed E-state index contributed by atoms with van der Waals surface area (Å²) < 4.78 is 0. The molecule has 0 aliphatic heterocycles. The number of rotatable bonds is 4. The number of aromatic nitrogens is 1. The highest BCUT2D eigenvalue weighted by molar-refractivity contribution is 6.04. The summed E-state index contributed by atoms with van der Waals surface area (Å²) in [6, 6.07) is 11.2. The lowest BCUT2D eigenvalue weighted by atomic mass is 10.1. The average Bonchev–Trinajstić information content (AvgIpc) is 2.48. The Morgan fingerprint density at radius 3 is 2.63 bits per heavy atom. The Balaban J connectivity index is 2.11. The lowest BCUT2D eigenvalue weighted by Crippen LogP contribution is -2.13. The quantitative estimate of drug-likeness (QED) is 0.881. The Labute approximate surface area is 112 Å². The number of pyridine rings is 1. The molecule has 19 heavy (non-hydrogen) atoms. The van der Waals surface area contributed by atoms with Crippen LogP contribution in [-0.4, -0.2) is 10.9 Å². The summed E-state index contributed by atoms with van der Waals surface area (Å²) in [5, 5.41) is 2.85. The average molecular weight is 255 g/mol. The van der Waals surface area contributed by atoms with E-state index in [1.54, 1.807) is 18.3 Å². The number of carbonyl (C=O) groups is 1. The van der Waals surface area contributed by atoms with Gasteiger partial charge < -0.3 is 11.1 Å². The number of benzene rings is 1. The molecular formula is C15H17N3O. The predicted molar refractivity (Wildman–Crippen MR) is 75.9 cm³/mol. The summed E-state index contributed by atoms with van der Waals surface area (Å²) in [7, 11) is 0. The normalized spacial score (nSPS) is 10.2. The minimum Gasteiger partial charge on any atom is -0.325 e. The molecule has 1 aromatic carbocycles. The van der Waals surface area contributed by atoms with Gasteiger partial charge >= 0.3 is 0 Å². The van der Waals surface area contributed by atoms with E-state index in [1.807, 2.05) is 24.3 Å². The van der Waals surface area contributed by atoms with Gasteiger partial charge in [-0.2, -0.15) is 0 Å². The monoisotopic (exact) mass is 255 g/mol. The molecule has 1 aromatic heterocycles. The molecule has 3 N–H and O–H groups in total. The van der Waals surface area contributed by atoms with Gasteiger partial charge in [-0.05, 0) is 36.2 Å². The molecule has 98 valence electrons. The third-order valence-electron chi connectivity index (χ3n) is 2.91. The van der Waals surface area contributed by atoms with Crippen molar-refractivity contribution >= 4 is 11.6 Å². The minimum atomic E-state index is -0.152. The second-order valence-corrected chi connectivity index (χ2v) is 4.24. The minimum absolute atomic E-state index is 0.152. The van der Waals surface area contributed by atoms with Crippen LogP contribution in [0.15, 0.2) is 42.6 Å². The Morgan fingerprint density at radius 1 is 1.26 bits per heavy atom. The smallest absolute Gasteiger partial charge is 0.255 e. The van der Waals surface area contributed by atoms with Gasteiger partial charge in [-0.1, -0.05) is 19.1 Å². The van der Waals surface area contributed by atoms with E-state index in [0.717, 1.165) is 12.1 Å². The summed E-state index contributed by atoms with van der Waals surface area (Å²) in [4.78, 5) is 16.1. The van der Waals surface area contributed by atoms with Gasteiger partial charge in [0.15, 0.2) is 0 Å². The highest BCUT2D eigenvalue weighted by Gasteiger charge is 2.06. The summed E-state index contributed by atoms with van der Waals surface area (Å²) in [6.45, 7) is 2.42. The van der Waals surface area contributed by atoms with E-state index < -0.39 is 0 Å². The van der Waals surface area contributed by atoms with Gasteiger partial charge in [0, 0.05) is 24.0 Å². The van der Waals surface area contributed by atoms with Gasteiger partial charge in [-0.3, -0.25) is 9.78 Å². The number of nitrogens with one attached hydrogen (secondary N) is 1. The Hall–Kier alpha value is -2.20. The molecular weight excluding hydrogens is 238 g/mol. The van der Waals surface area contributed by atoms with Gasteiger partial charge in [0.05, 0.1) is 5.69 Å². The maximum absolute atomic E-state index is 12.1. The lowest BCUT2D eigenvalue weighted by Gasteiger charge is -2.06. The molecule has 0 unspecified atom stereocenters. The fraction of sp³-hybridized carbons (Fsp3) is 0.200. The zero-order valence-electron chi connectivity index (χ0n) is 10.9. The molecule has 4 heteroatoms. The number of nitrogens with two attached hydrogens (primary N) is 1. The molecule has 0 atom stereocenters. The molecule has 0 fully saturated rings. The highest BCUT2D eigenvalue weighted by atomic mass is 16.1. The van der Waals surface area contributed by atoms with Crippen molar-refractivity contribution in [1.82, 2.24) is 4.98 Å². The van der Waals surface area contributed by atoms with E-state index in [-0.39, 0.29) is 5.91 Å². The number of nitrogens with zero attached hydrogens (tertiary/aromatic N) is 1. The number of hydrogen-bond donors (Lipinski definition) is 2. The summed E-state index contributed by atoms with van der Waals surface area (Å²) in [6.07, 6.45) is 2.58. The fourth-order valence-electron chi connectivity index (χ4n) is 1.76. The molecule has 2 rings (SSSR count). The number of hydrogen-bond acceptors (Lipinski definition) is 3. The van der Waals surface area contributed by atoms with Gasteiger partial charge in [0.1, 0.15) is 0 Å². The van der Waals surface area contributed by atoms with Crippen molar-refractivity contribution < 1.29 is 4.79 Å². The summed E-state index contributed by atoms with van der Waals surface area (Å²) >= 11 is 0. The van der Waals surface area contributed by atoms with Crippen LogP contribution in [-0.2, 0) is 13.0 Å². The molecule has 2 aromatic rings. The first kappa shape index (κ1) is 13.2. The fourth-order valence-corrected chi connectivity index (χ4v) is 1.76. The van der Waals surface area contributed by atoms with Gasteiger partial charge in [-0.25, -0.2) is 0 Å². The van der Waals surface area contributed by atoms with E-state index in [9.17, 15) is 4.79 Å². The second-order valence-electron chi connectivity index (χ2n) is 4.24. The van der Waals surface area contributed by atoms with Gasteiger partial charge in [-0.15, -0.1) is 0 Å². The molecule has 0 aliphatic carbocycles. The van der Waals surface area contributed by atoms with E-state index >= 15 is 0 Å². The summed E-state index contributed by atoms with van der Waals surface area (Å²) in [5.41, 5.74) is 8.81. The van der Waals surface area contributed by atoms with E-state index in [2.05, 4.69) is 17.2 Å². The van der Waals surface area contributed by atoms with Crippen LogP contribution in [0.5, 0.6) is 0 Å². The molecule has 0 saturated carbocycles. The lowest BCUT2D eigenvalue weighted by molar-refractivity contribution is 0.102. The van der Waals surface area contributed by atoms with Crippen molar-refractivity contribution in [3.05, 3.63) is 59.4 Å². The molecule has 0 bridgehead atoms. The molecule has 0 radical (unpaired) electrons. The van der Waals surface area contributed by atoms with Crippen LogP contribution < -0.4 is 11.1 Å². The first-order valence-corrected chi connectivity index (χ1v) is 6.28. The van der Waals surface area contributed by atoms with E-state index in [1.165, 1.54) is 5.56 Å². The first-order chi connectivity index (χ1) is 9.22. The first-order valence-electron chi connectivity index (χ1n) is 6.28. The highest BCUT2D eigenvalue weighted by Crippen LogP contribution is 2.12. The predicted octanol–water partition coefficient (Wildman–Crippen LogP) is 2.36. The number of anilines is 1. The van der Waals surface area contributed by atoms with Crippen molar-refractivity contribution in [1.29, 1.82) is 0 Å². The van der Waals surface area contributed by atoms with Crippen molar-refractivity contribution in [3.8, 4) is 0 Å². The van der Waals surface area contributed by atoms with Crippen LogP contribution >= 0.6 is 0 Å². The Morgan fingerprint density at radius 2 is 2.00 bits per heavy atom. The van der Waals surface area contributed by atoms with Crippen molar-refractivity contribution in [2.24, 2.45) is 5.73 Å². The van der Waals surface area contributed by atoms with Crippen LogP contribution in [0, 0.1) is 0 Å². The zero-order chi connectivity index (χ0) is 13.7. The van der Waals surface area contributed by atoms with Crippen molar-refractivity contribution in [2.75, 3.05) is 5.32 Å². The number of amides is 1. The zero-order valence-corrected chi connectivity index (χ0v) is 10.9. The second kappa shape index (κ2) is 6.11. The molecule has 0 spiro atoms. The maximum Gasteiger partial charge on any atom is 0.255 e. The molecule has 1 amide bonds. The molecule has 1 heterocycles. The van der Waals surface area contributed by atoms with E-state index in [0.29, 0.717) is 17.8 Å². The standard InChI is InChI=1S/C15H17N3O/c1-2-11-3-5-13(6-4-11)18-15(19)12-7-8-17-14(9-12)10-16/h3-9H,2,10,16H2,1H3,(H,18,19). The van der Waals surface area contributed by atoms with Crippen molar-refractivity contribution in [2.45, 2.75) is 19.9 Å². The maximum atomic E-state index is 12.1. The summed E-state index contributed by atoms with van der Waals surface area (Å²) in [5.74, 6) is -0.152. The number of carbonyl (C=O) groups excluding carboxylic acids is 1. The van der Waals surface area contributed by atoms with Gasteiger partial charge in [0.2, 0.25) is 0 Å². The van der Waals surface area contributed by atoms with Crippen LogP contribution in [0.3, 0.4) is 0 Å². The molecule has 0 saturated heterocycles. The van der Waals surface area contributed by atoms with E-state index in [4.69, 9.17) is 5.73 Å². The Kier molecular flexibility index (Phi) is 4.26. The largest absolute Gasteiger partial charge is 0.325 e. The SMILES string of the molecule is CCc1ccc(NC(=O)c2ccnc(CN)c2)cc1. The van der Waals surface area contributed by atoms with Crippen LogP contribution in [0.2, 0.25) is 0 Å². The van der Waals surface area contributed by atoms with Crippen LogP contribution in [0.1, 0.15) is 28.5 Å². The topological polar surface area (TPSA) is 68.0 Å². The Bertz CT molecular complexity index is 564. The van der Waals surface area contributed by atoms with Crippen LogP contribution in [0.25, 0.3) is 0 Å². The number of aryl methyl sites for hydroxylation is 1.